The molecule has 2 aromatic heterocycles. The fourth-order valence-electron chi connectivity index (χ4n) is 2.20. The average Bonchev–Trinajstić information content (AvgIpc) is 2.98. The Morgan fingerprint density at radius 2 is 1.96 bits per heavy atom. The molecule has 3 aromatic rings. The fourth-order valence-corrected chi connectivity index (χ4v) is 2.20. The first-order valence-corrected chi connectivity index (χ1v) is 6.72. The van der Waals surface area contributed by atoms with E-state index in [1.54, 1.807) is 6.07 Å². The number of carboxylic acids is 1. The molecule has 0 amide bonds. The van der Waals surface area contributed by atoms with Crippen molar-refractivity contribution in [2.45, 2.75) is 12.8 Å². The second-order valence-corrected chi connectivity index (χ2v) is 4.92. The van der Waals surface area contributed by atoms with Gasteiger partial charge in [0.1, 0.15) is 17.1 Å². The van der Waals surface area contributed by atoms with Crippen molar-refractivity contribution in [1.82, 2.24) is 0 Å². The lowest BCUT2D eigenvalue weighted by molar-refractivity contribution is -0.137. The highest BCUT2D eigenvalue weighted by Crippen LogP contribution is 2.28. The van der Waals surface area contributed by atoms with E-state index in [1.807, 2.05) is 0 Å². The Kier molecular flexibility index (Phi) is 3.61. The third-order valence-electron chi connectivity index (χ3n) is 3.33. The Labute approximate surface area is 128 Å². The number of aryl methyl sites for hydroxylation is 1. The van der Waals surface area contributed by atoms with E-state index in [1.165, 1.54) is 18.2 Å². The first-order valence-electron chi connectivity index (χ1n) is 6.72. The lowest BCUT2D eigenvalue weighted by atomic mass is 10.1. The molecule has 0 fully saturated rings. The van der Waals surface area contributed by atoms with Gasteiger partial charge in [0.05, 0.1) is 6.42 Å². The Morgan fingerprint density at radius 1 is 1.17 bits per heavy atom. The summed E-state index contributed by atoms with van der Waals surface area (Å²) in [4.78, 5) is 22.6. The summed E-state index contributed by atoms with van der Waals surface area (Å²) in [5, 5.41) is 18.2. The van der Waals surface area contributed by atoms with Gasteiger partial charge in [0.15, 0.2) is 11.3 Å². The number of hydrogen-bond donors (Lipinski definition) is 2. The number of aromatic hydroxyl groups is 1. The van der Waals surface area contributed by atoms with Crippen LogP contribution in [0.25, 0.3) is 22.3 Å². The summed E-state index contributed by atoms with van der Waals surface area (Å²) in [5.41, 5.74) is -1.07. The summed E-state index contributed by atoms with van der Waals surface area (Å²) < 4.78 is 24.1. The first kappa shape index (κ1) is 14.8. The first-order chi connectivity index (χ1) is 11.0. The zero-order valence-corrected chi connectivity index (χ0v) is 11.7. The standard InChI is InChI=1S/C16H11FO6/c17-14-11(18)4-1-8-7-10(16(21)23-15(8)14)12-5-2-9(22-12)3-6-13(19)20/h1-2,4-5,7,18H,3,6H2,(H,19,20). The van der Waals surface area contributed by atoms with Crippen LogP contribution in [0, 0.1) is 5.82 Å². The lowest BCUT2D eigenvalue weighted by Crippen LogP contribution is -2.03. The number of aliphatic carboxylic acids is 1. The predicted molar refractivity (Wildman–Crippen MR) is 77.8 cm³/mol. The number of carboxylic acid groups (broad SMARTS) is 1. The fraction of sp³-hybridized carbons (Fsp3) is 0.125. The topological polar surface area (TPSA) is 101 Å². The maximum absolute atomic E-state index is 13.7. The molecule has 0 radical (unpaired) electrons. The van der Waals surface area contributed by atoms with E-state index in [-0.39, 0.29) is 29.7 Å². The van der Waals surface area contributed by atoms with Crippen molar-refractivity contribution in [2.75, 3.05) is 0 Å². The minimum atomic E-state index is -1.01. The van der Waals surface area contributed by atoms with Gasteiger partial charge in [-0.3, -0.25) is 4.79 Å². The minimum absolute atomic E-state index is 0.0872. The number of phenolic OH excluding ortho intramolecular Hbond substituents is 1. The Hall–Kier alpha value is -3.09. The number of phenols is 1. The number of carbonyl (C=O) groups is 1. The number of halogens is 1. The maximum Gasteiger partial charge on any atom is 0.347 e. The molecule has 2 N–H and O–H groups in total. The van der Waals surface area contributed by atoms with Gasteiger partial charge in [-0.2, -0.15) is 4.39 Å². The van der Waals surface area contributed by atoms with Crippen LogP contribution in [-0.4, -0.2) is 16.2 Å². The summed E-state index contributed by atoms with van der Waals surface area (Å²) in [7, 11) is 0. The number of hydrogen-bond acceptors (Lipinski definition) is 5. The molecule has 0 saturated heterocycles. The van der Waals surface area contributed by atoms with E-state index in [4.69, 9.17) is 13.9 Å². The van der Waals surface area contributed by atoms with Crippen molar-refractivity contribution in [2.24, 2.45) is 0 Å². The average molecular weight is 318 g/mol. The van der Waals surface area contributed by atoms with Crippen LogP contribution < -0.4 is 5.63 Å². The van der Waals surface area contributed by atoms with E-state index >= 15 is 0 Å². The second-order valence-electron chi connectivity index (χ2n) is 4.92. The molecule has 7 heteroatoms. The van der Waals surface area contributed by atoms with Gasteiger partial charge < -0.3 is 19.0 Å². The van der Waals surface area contributed by atoms with Gasteiger partial charge in [-0.1, -0.05) is 0 Å². The van der Waals surface area contributed by atoms with Gasteiger partial charge in [0, 0.05) is 11.8 Å². The van der Waals surface area contributed by atoms with Crippen LogP contribution in [0.2, 0.25) is 0 Å². The molecule has 118 valence electrons. The normalized spacial score (nSPS) is 11.0. The Morgan fingerprint density at radius 3 is 2.70 bits per heavy atom. The molecule has 6 nitrogen and oxygen atoms in total. The van der Waals surface area contributed by atoms with E-state index in [0.717, 1.165) is 6.07 Å². The van der Waals surface area contributed by atoms with Gasteiger partial charge in [0.25, 0.3) is 0 Å². The SMILES string of the molecule is O=C(O)CCc1ccc(-c2cc3ccc(O)c(F)c3oc2=O)o1. The van der Waals surface area contributed by atoms with Crippen molar-refractivity contribution >= 4 is 16.9 Å². The zero-order chi connectivity index (χ0) is 16.6. The van der Waals surface area contributed by atoms with Gasteiger partial charge in [-0.25, -0.2) is 4.79 Å². The van der Waals surface area contributed by atoms with Crippen LogP contribution in [0.4, 0.5) is 4.39 Å². The van der Waals surface area contributed by atoms with Crippen LogP contribution in [0.1, 0.15) is 12.2 Å². The summed E-state index contributed by atoms with van der Waals surface area (Å²) in [5.74, 6) is -1.95. The lowest BCUT2D eigenvalue weighted by Gasteiger charge is -2.02. The Balaban J connectivity index is 2.03. The molecule has 0 aliphatic rings. The molecule has 0 atom stereocenters. The van der Waals surface area contributed by atoms with E-state index in [0.29, 0.717) is 11.1 Å². The largest absolute Gasteiger partial charge is 0.505 e. The molecule has 3 rings (SSSR count). The molecule has 0 saturated carbocycles. The zero-order valence-electron chi connectivity index (χ0n) is 11.7. The quantitative estimate of drug-likeness (QED) is 0.717. The van der Waals surface area contributed by atoms with Crippen molar-refractivity contribution < 1.29 is 28.2 Å². The van der Waals surface area contributed by atoms with Gasteiger partial charge in [-0.05, 0) is 30.3 Å². The van der Waals surface area contributed by atoms with E-state index in [2.05, 4.69) is 0 Å². The van der Waals surface area contributed by atoms with E-state index in [9.17, 15) is 19.1 Å². The van der Waals surface area contributed by atoms with Crippen LogP contribution in [0.15, 0.2) is 44.0 Å². The highest BCUT2D eigenvalue weighted by atomic mass is 19.1. The van der Waals surface area contributed by atoms with Crippen molar-refractivity contribution in [3.05, 3.63) is 52.3 Å². The molecule has 0 aliphatic heterocycles. The molecule has 0 aliphatic carbocycles. The number of fused-ring (bicyclic) bond motifs is 1. The third kappa shape index (κ3) is 2.80. The van der Waals surface area contributed by atoms with Gasteiger partial charge in [0.2, 0.25) is 5.82 Å². The smallest absolute Gasteiger partial charge is 0.347 e. The molecule has 2 heterocycles. The number of rotatable bonds is 4. The summed E-state index contributed by atoms with van der Waals surface area (Å²) in [6, 6.07) is 7.05. The number of furan rings is 1. The molecular weight excluding hydrogens is 307 g/mol. The number of benzene rings is 1. The van der Waals surface area contributed by atoms with Gasteiger partial charge in [-0.15, -0.1) is 0 Å². The third-order valence-corrected chi connectivity index (χ3v) is 3.33. The molecule has 23 heavy (non-hydrogen) atoms. The van der Waals surface area contributed by atoms with Crippen LogP contribution in [0.5, 0.6) is 5.75 Å². The molecule has 1 aromatic carbocycles. The van der Waals surface area contributed by atoms with Crippen LogP contribution >= 0.6 is 0 Å². The molecular formula is C16H11FO6. The summed E-state index contributed by atoms with van der Waals surface area (Å²) in [6.45, 7) is 0. The molecule has 0 unspecified atom stereocenters. The Bertz CT molecular complexity index is 953. The second kappa shape index (κ2) is 5.60. The summed E-state index contributed by atoms with van der Waals surface area (Å²) in [6.07, 6.45) is 0.0977. The predicted octanol–water partition coefficient (Wildman–Crippen LogP) is 2.91. The monoisotopic (exact) mass is 318 g/mol. The molecule has 0 spiro atoms. The van der Waals surface area contributed by atoms with Crippen molar-refractivity contribution in [3.63, 3.8) is 0 Å². The van der Waals surface area contributed by atoms with E-state index < -0.39 is 23.2 Å². The highest BCUT2D eigenvalue weighted by Gasteiger charge is 2.16. The minimum Gasteiger partial charge on any atom is -0.505 e. The van der Waals surface area contributed by atoms with Gasteiger partial charge >= 0.3 is 11.6 Å². The summed E-state index contributed by atoms with van der Waals surface area (Å²) >= 11 is 0. The van der Waals surface area contributed by atoms with Crippen LogP contribution in [-0.2, 0) is 11.2 Å². The van der Waals surface area contributed by atoms with Crippen molar-refractivity contribution in [1.29, 1.82) is 0 Å². The highest BCUT2D eigenvalue weighted by molar-refractivity contribution is 5.82. The molecule has 0 bridgehead atoms. The van der Waals surface area contributed by atoms with Crippen LogP contribution in [0.3, 0.4) is 0 Å². The maximum atomic E-state index is 13.7. The van der Waals surface area contributed by atoms with Crippen molar-refractivity contribution in [3.8, 4) is 17.1 Å².